The van der Waals surface area contributed by atoms with Crippen LogP contribution in [0.25, 0.3) is 11.1 Å². The predicted octanol–water partition coefficient (Wildman–Crippen LogP) is 3.01. The van der Waals surface area contributed by atoms with E-state index in [4.69, 9.17) is 0 Å². The monoisotopic (exact) mass is 457 g/mol. The maximum absolute atomic E-state index is 13.3. The predicted molar refractivity (Wildman–Crippen MR) is 120 cm³/mol. The third-order valence-corrected chi connectivity index (χ3v) is 7.63. The molecule has 2 N–H and O–H groups in total. The van der Waals surface area contributed by atoms with E-state index in [1.807, 2.05) is 17.0 Å². The van der Waals surface area contributed by atoms with Gasteiger partial charge in [-0.05, 0) is 68.1 Å². The molecule has 1 saturated carbocycles. The lowest BCUT2D eigenvalue weighted by Crippen LogP contribution is -2.49. The van der Waals surface area contributed by atoms with E-state index < -0.39 is 16.1 Å². The van der Waals surface area contributed by atoms with Gasteiger partial charge in [0.05, 0.1) is 4.90 Å². The average molecular weight is 458 g/mol. The van der Waals surface area contributed by atoms with Crippen molar-refractivity contribution in [1.29, 1.82) is 0 Å². The van der Waals surface area contributed by atoms with Crippen LogP contribution in [0.5, 0.6) is 0 Å². The second kappa shape index (κ2) is 8.91. The third-order valence-electron chi connectivity index (χ3n) is 6.20. The summed E-state index contributed by atoms with van der Waals surface area (Å²) in [6.45, 7) is 0.906. The van der Waals surface area contributed by atoms with Crippen molar-refractivity contribution in [3.05, 3.63) is 54.1 Å². The maximum Gasteiger partial charge on any atom is 0.407 e. The van der Waals surface area contributed by atoms with E-state index in [2.05, 4.69) is 4.72 Å². The summed E-state index contributed by atoms with van der Waals surface area (Å²) in [6, 6.07) is 14.2. The molecule has 0 spiro atoms. The van der Waals surface area contributed by atoms with E-state index in [0.717, 1.165) is 24.0 Å². The second-order valence-electron chi connectivity index (χ2n) is 8.25. The van der Waals surface area contributed by atoms with Gasteiger partial charge in [-0.25, -0.2) is 17.9 Å². The minimum absolute atomic E-state index is 0.0108. The molecule has 4 rings (SSSR count). The zero-order valence-corrected chi connectivity index (χ0v) is 18.7. The quantitative estimate of drug-likeness (QED) is 0.693. The van der Waals surface area contributed by atoms with E-state index in [9.17, 15) is 23.1 Å². The van der Waals surface area contributed by atoms with Crippen LogP contribution in [-0.4, -0.2) is 67.5 Å². The number of benzene rings is 2. The molecule has 1 aliphatic heterocycles. The second-order valence-corrected chi connectivity index (χ2v) is 10.1. The van der Waals surface area contributed by atoms with Crippen molar-refractivity contribution in [2.75, 3.05) is 20.1 Å². The maximum atomic E-state index is 13.3. The molecular formula is C23H27N3O5S. The number of nitrogens with one attached hydrogen (secondary N) is 1. The van der Waals surface area contributed by atoms with Gasteiger partial charge in [0, 0.05) is 30.7 Å². The first-order valence-electron chi connectivity index (χ1n) is 10.7. The van der Waals surface area contributed by atoms with Crippen LogP contribution in [0.1, 0.15) is 36.0 Å². The number of likely N-dealkylation sites (tertiary alicyclic amines) is 1. The number of carbonyl (C=O) groups excluding carboxylic acids is 1. The Hall–Kier alpha value is -2.91. The van der Waals surface area contributed by atoms with Gasteiger partial charge in [0.15, 0.2) is 0 Å². The number of carboxylic acid groups (broad SMARTS) is 1. The van der Waals surface area contributed by atoms with Crippen LogP contribution in [0.4, 0.5) is 4.79 Å². The summed E-state index contributed by atoms with van der Waals surface area (Å²) in [6.07, 6.45) is 2.40. The zero-order valence-electron chi connectivity index (χ0n) is 17.9. The van der Waals surface area contributed by atoms with Crippen molar-refractivity contribution in [3.63, 3.8) is 0 Å². The van der Waals surface area contributed by atoms with E-state index in [1.54, 1.807) is 36.4 Å². The van der Waals surface area contributed by atoms with Crippen LogP contribution in [0, 0.1) is 0 Å². The molecule has 1 saturated heterocycles. The number of amides is 2. The first kappa shape index (κ1) is 22.3. The smallest absolute Gasteiger partial charge is 0.407 e. The zero-order chi connectivity index (χ0) is 22.9. The van der Waals surface area contributed by atoms with Gasteiger partial charge >= 0.3 is 6.09 Å². The summed E-state index contributed by atoms with van der Waals surface area (Å²) < 4.78 is 26.1. The normalized spacial score (nSPS) is 17.2. The molecule has 170 valence electrons. The largest absolute Gasteiger partial charge is 0.465 e. The van der Waals surface area contributed by atoms with Gasteiger partial charge < -0.3 is 14.9 Å². The Labute approximate surface area is 187 Å². The Morgan fingerprint density at radius 3 is 1.88 bits per heavy atom. The van der Waals surface area contributed by atoms with Gasteiger partial charge in [0.2, 0.25) is 10.0 Å². The molecule has 2 aromatic rings. The number of sulfonamides is 1. The lowest BCUT2D eigenvalue weighted by Gasteiger charge is -2.38. The molecule has 0 aromatic heterocycles. The van der Waals surface area contributed by atoms with Crippen LogP contribution in [0.2, 0.25) is 0 Å². The number of hydrogen-bond acceptors (Lipinski definition) is 4. The van der Waals surface area contributed by atoms with Gasteiger partial charge in [0.1, 0.15) is 0 Å². The first-order valence-corrected chi connectivity index (χ1v) is 12.2. The van der Waals surface area contributed by atoms with E-state index in [0.29, 0.717) is 31.5 Å². The van der Waals surface area contributed by atoms with Crippen molar-refractivity contribution in [2.45, 2.75) is 42.7 Å². The van der Waals surface area contributed by atoms with Crippen LogP contribution >= 0.6 is 0 Å². The van der Waals surface area contributed by atoms with Crippen molar-refractivity contribution in [1.82, 2.24) is 14.5 Å². The molecule has 9 heteroatoms. The summed E-state index contributed by atoms with van der Waals surface area (Å²) in [5.41, 5.74) is 2.36. The lowest BCUT2D eigenvalue weighted by molar-refractivity contribution is 0.0551. The Morgan fingerprint density at radius 1 is 0.906 bits per heavy atom. The van der Waals surface area contributed by atoms with Gasteiger partial charge in [-0.1, -0.05) is 24.3 Å². The van der Waals surface area contributed by atoms with Gasteiger partial charge in [-0.2, -0.15) is 0 Å². The van der Waals surface area contributed by atoms with Gasteiger partial charge in [0.25, 0.3) is 5.91 Å². The SMILES string of the molecule is CNS(=O)(=O)c1ccc(-c2ccc(C(=O)N(C3CC3)C3CCN(C(=O)O)CC3)cc2)cc1. The van der Waals surface area contributed by atoms with Crippen molar-refractivity contribution >= 4 is 22.0 Å². The van der Waals surface area contributed by atoms with E-state index >= 15 is 0 Å². The van der Waals surface area contributed by atoms with Crippen molar-refractivity contribution in [2.24, 2.45) is 0 Å². The van der Waals surface area contributed by atoms with Crippen LogP contribution < -0.4 is 4.72 Å². The molecule has 1 heterocycles. The number of piperidine rings is 1. The van der Waals surface area contributed by atoms with Gasteiger partial charge in [-0.3, -0.25) is 4.79 Å². The minimum atomic E-state index is -3.48. The van der Waals surface area contributed by atoms with Crippen LogP contribution in [-0.2, 0) is 10.0 Å². The number of rotatable bonds is 6. The van der Waals surface area contributed by atoms with Gasteiger partial charge in [-0.15, -0.1) is 0 Å². The van der Waals surface area contributed by atoms with E-state index in [-0.39, 0.29) is 22.9 Å². The minimum Gasteiger partial charge on any atom is -0.465 e. The topological polar surface area (TPSA) is 107 Å². The fourth-order valence-corrected chi connectivity index (χ4v) is 4.95. The highest BCUT2D eigenvalue weighted by Crippen LogP contribution is 2.33. The molecule has 32 heavy (non-hydrogen) atoms. The van der Waals surface area contributed by atoms with Crippen molar-refractivity contribution < 1.29 is 23.1 Å². The highest BCUT2D eigenvalue weighted by molar-refractivity contribution is 7.89. The molecule has 0 radical (unpaired) electrons. The summed E-state index contributed by atoms with van der Waals surface area (Å²) in [4.78, 5) is 28.0. The molecule has 0 unspecified atom stereocenters. The summed E-state index contributed by atoms with van der Waals surface area (Å²) in [7, 11) is -2.11. The Bertz CT molecular complexity index is 1090. The highest BCUT2D eigenvalue weighted by atomic mass is 32.2. The molecule has 2 fully saturated rings. The molecule has 2 aromatic carbocycles. The summed E-state index contributed by atoms with van der Waals surface area (Å²) in [5, 5.41) is 9.17. The van der Waals surface area contributed by atoms with Crippen LogP contribution in [0.3, 0.4) is 0 Å². The van der Waals surface area contributed by atoms with Crippen molar-refractivity contribution in [3.8, 4) is 11.1 Å². The fourth-order valence-electron chi connectivity index (χ4n) is 4.22. The first-order chi connectivity index (χ1) is 15.3. The average Bonchev–Trinajstić information content (AvgIpc) is 3.65. The fraction of sp³-hybridized carbons (Fsp3) is 0.391. The Kier molecular flexibility index (Phi) is 6.21. The number of nitrogens with zero attached hydrogens (tertiary/aromatic N) is 2. The molecule has 0 atom stereocenters. The molecule has 8 nitrogen and oxygen atoms in total. The molecule has 2 aliphatic rings. The Balaban J connectivity index is 1.48. The molecular weight excluding hydrogens is 430 g/mol. The third kappa shape index (κ3) is 4.63. The van der Waals surface area contributed by atoms with E-state index in [1.165, 1.54) is 11.9 Å². The number of carbonyl (C=O) groups is 2. The lowest BCUT2D eigenvalue weighted by atomic mass is 10.0. The number of hydrogen-bond donors (Lipinski definition) is 2. The standard InChI is InChI=1S/C23H27N3O5S/c1-24-32(30,31)21-10-6-17(7-11-21)16-2-4-18(5-3-16)22(27)26(19-8-9-19)20-12-14-25(15-13-20)23(28)29/h2-7,10-11,19-20,24H,8-9,12-15H2,1H3,(H,28,29). The molecule has 2 amide bonds. The molecule has 1 aliphatic carbocycles. The summed E-state index contributed by atoms with van der Waals surface area (Å²) >= 11 is 0. The Morgan fingerprint density at radius 2 is 1.41 bits per heavy atom. The highest BCUT2D eigenvalue weighted by Gasteiger charge is 2.39. The van der Waals surface area contributed by atoms with Crippen LogP contribution in [0.15, 0.2) is 53.4 Å². The summed E-state index contributed by atoms with van der Waals surface area (Å²) in [5.74, 6) is -0.0108. The molecule has 0 bridgehead atoms.